The Balaban J connectivity index is 0.00000576. The van der Waals surface area contributed by atoms with Crippen LogP contribution in [0, 0.1) is 0 Å². The standard InChI is InChI=1S/C17H35N5O2.HI/c1-5-8-19-15(23)7-9-20-16(18-6-2)21-14-17(3,4)22-10-12-24-13-11-22;/h5-14H2,1-4H3,(H,19,23)(H2,18,20,21);1H. The quantitative estimate of drug-likeness (QED) is 0.269. The maximum Gasteiger partial charge on any atom is 0.221 e. The number of rotatable bonds is 9. The number of nitrogens with zero attached hydrogens (tertiary/aromatic N) is 2. The molecule has 0 aromatic rings. The van der Waals surface area contributed by atoms with Crippen LogP contribution in [0.25, 0.3) is 0 Å². The molecule has 0 unspecified atom stereocenters. The van der Waals surface area contributed by atoms with E-state index in [1.54, 1.807) is 0 Å². The summed E-state index contributed by atoms with van der Waals surface area (Å²) in [5.74, 6) is 0.843. The van der Waals surface area contributed by atoms with E-state index in [2.05, 4.69) is 34.7 Å². The molecular weight excluding hydrogens is 433 g/mol. The van der Waals surface area contributed by atoms with Crippen LogP contribution in [-0.4, -0.2) is 74.8 Å². The van der Waals surface area contributed by atoms with Crippen molar-refractivity contribution in [3.63, 3.8) is 0 Å². The van der Waals surface area contributed by atoms with Crippen LogP contribution in [0.15, 0.2) is 4.99 Å². The Labute approximate surface area is 169 Å². The minimum absolute atomic E-state index is 0. The number of aliphatic imine (C=N–C) groups is 1. The summed E-state index contributed by atoms with van der Waals surface area (Å²) in [5.41, 5.74) is -0.00929. The van der Waals surface area contributed by atoms with E-state index in [0.29, 0.717) is 19.5 Å². The fourth-order valence-corrected chi connectivity index (χ4v) is 2.53. The van der Waals surface area contributed by atoms with Crippen molar-refractivity contribution in [1.29, 1.82) is 0 Å². The molecule has 3 N–H and O–H groups in total. The predicted octanol–water partition coefficient (Wildman–Crippen LogP) is 1.19. The van der Waals surface area contributed by atoms with Crippen molar-refractivity contribution in [2.24, 2.45) is 4.99 Å². The van der Waals surface area contributed by atoms with E-state index in [9.17, 15) is 4.79 Å². The van der Waals surface area contributed by atoms with Gasteiger partial charge in [-0.15, -0.1) is 24.0 Å². The van der Waals surface area contributed by atoms with Gasteiger partial charge in [0.1, 0.15) is 0 Å². The second-order valence-electron chi connectivity index (χ2n) is 6.63. The highest BCUT2D eigenvalue weighted by Crippen LogP contribution is 2.16. The van der Waals surface area contributed by atoms with Gasteiger partial charge in [0.05, 0.1) is 19.8 Å². The molecule has 0 bridgehead atoms. The van der Waals surface area contributed by atoms with Gasteiger partial charge in [0.25, 0.3) is 0 Å². The molecule has 1 aliphatic rings. The third-order valence-corrected chi connectivity index (χ3v) is 4.05. The van der Waals surface area contributed by atoms with Crippen LogP contribution in [0.4, 0.5) is 0 Å². The molecule has 25 heavy (non-hydrogen) atoms. The molecular formula is C17H36IN5O2. The maximum absolute atomic E-state index is 11.6. The van der Waals surface area contributed by atoms with Gasteiger partial charge in [0.15, 0.2) is 5.96 Å². The van der Waals surface area contributed by atoms with Gasteiger partial charge in [-0.2, -0.15) is 0 Å². The summed E-state index contributed by atoms with van der Waals surface area (Å²) in [4.78, 5) is 18.8. The average Bonchev–Trinajstić information content (AvgIpc) is 2.58. The number of morpholine rings is 1. The molecule has 0 aliphatic carbocycles. The molecule has 0 aromatic carbocycles. The number of nitrogens with one attached hydrogen (secondary N) is 3. The van der Waals surface area contributed by atoms with Gasteiger partial charge in [-0.3, -0.25) is 14.7 Å². The van der Waals surface area contributed by atoms with Gasteiger partial charge >= 0.3 is 0 Å². The fourth-order valence-electron chi connectivity index (χ4n) is 2.53. The number of amides is 1. The van der Waals surface area contributed by atoms with Crippen LogP contribution in [0.5, 0.6) is 0 Å². The molecule has 1 saturated heterocycles. The largest absolute Gasteiger partial charge is 0.379 e. The van der Waals surface area contributed by atoms with Gasteiger partial charge in [0.2, 0.25) is 5.91 Å². The van der Waals surface area contributed by atoms with Gasteiger partial charge in [-0.25, -0.2) is 0 Å². The first kappa shape index (κ1) is 24.4. The van der Waals surface area contributed by atoms with E-state index < -0.39 is 0 Å². The number of carbonyl (C=O) groups is 1. The lowest BCUT2D eigenvalue weighted by Crippen LogP contribution is -2.52. The van der Waals surface area contributed by atoms with Crippen molar-refractivity contribution in [1.82, 2.24) is 20.9 Å². The lowest BCUT2D eigenvalue weighted by atomic mass is 10.0. The number of carbonyl (C=O) groups excluding carboxylic acids is 1. The lowest BCUT2D eigenvalue weighted by molar-refractivity contribution is -0.120. The van der Waals surface area contributed by atoms with Crippen molar-refractivity contribution in [3.8, 4) is 0 Å². The van der Waals surface area contributed by atoms with Crippen molar-refractivity contribution in [3.05, 3.63) is 0 Å². The topological polar surface area (TPSA) is 78.0 Å². The van der Waals surface area contributed by atoms with Gasteiger partial charge < -0.3 is 20.7 Å². The summed E-state index contributed by atoms with van der Waals surface area (Å²) < 4.78 is 5.42. The summed E-state index contributed by atoms with van der Waals surface area (Å²) in [5, 5.41) is 9.36. The molecule has 1 rings (SSSR count). The van der Waals surface area contributed by atoms with E-state index in [1.807, 2.05) is 13.8 Å². The Kier molecular flexibility index (Phi) is 13.2. The summed E-state index contributed by atoms with van der Waals surface area (Å²) >= 11 is 0. The molecule has 1 aliphatic heterocycles. The second kappa shape index (κ2) is 13.6. The molecule has 1 heterocycles. The second-order valence-corrected chi connectivity index (χ2v) is 6.63. The van der Waals surface area contributed by atoms with Crippen molar-refractivity contribution >= 4 is 35.8 Å². The molecule has 0 saturated carbocycles. The van der Waals surface area contributed by atoms with Crippen molar-refractivity contribution < 1.29 is 9.53 Å². The molecule has 0 radical (unpaired) electrons. The highest BCUT2D eigenvalue weighted by molar-refractivity contribution is 14.0. The Morgan fingerprint density at radius 2 is 1.80 bits per heavy atom. The van der Waals surface area contributed by atoms with Crippen LogP contribution < -0.4 is 16.0 Å². The fraction of sp³-hybridized carbons (Fsp3) is 0.882. The molecule has 1 amide bonds. The lowest BCUT2D eigenvalue weighted by Gasteiger charge is -2.39. The van der Waals surface area contributed by atoms with E-state index in [0.717, 1.165) is 51.8 Å². The van der Waals surface area contributed by atoms with E-state index >= 15 is 0 Å². The van der Waals surface area contributed by atoms with Crippen molar-refractivity contribution in [2.75, 3.05) is 52.5 Å². The third-order valence-electron chi connectivity index (χ3n) is 4.05. The molecule has 0 spiro atoms. The number of halogens is 1. The molecule has 1 fully saturated rings. The smallest absolute Gasteiger partial charge is 0.221 e. The number of hydrogen-bond donors (Lipinski definition) is 3. The average molecular weight is 469 g/mol. The summed E-state index contributed by atoms with van der Waals surface area (Å²) in [7, 11) is 0. The summed E-state index contributed by atoms with van der Waals surface area (Å²) in [6.07, 6.45) is 1.41. The molecule has 148 valence electrons. The van der Waals surface area contributed by atoms with Gasteiger partial charge in [-0.1, -0.05) is 6.92 Å². The summed E-state index contributed by atoms with van der Waals surface area (Å²) in [6.45, 7) is 14.8. The normalized spacial score (nSPS) is 16.1. The van der Waals surface area contributed by atoms with E-state index in [1.165, 1.54) is 0 Å². The van der Waals surface area contributed by atoms with Gasteiger partial charge in [-0.05, 0) is 27.2 Å². The number of guanidine groups is 1. The third kappa shape index (κ3) is 10.2. The van der Waals surface area contributed by atoms with E-state index in [-0.39, 0.29) is 35.4 Å². The first-order valence-electron chi connectivity index (χ1n) is 9.11. The van der Waals surface area contributed by atoms with Crippen LogP contribution in [-0.2, 0) is 9.53 Å². The summed E-state index contributed by atoms with van der Waals surface area (Å²) in [6, 6.07) is 0. The molecule has 7 nitrogen and oxygen atoms in total. The first-order valence-corrected chi connectivity index (χ1v) is 9.11. The zero-order chi connectivity index (χ0) is 17.8. The molecule has 0 aromatic heterocycles. The Morgan fingerprint density at radius 3 is 2.40 bits per heavy atom. The van der Waals surface area contributed by atoms with Crippen LogP contribution in [0.1, 0.15) is 40.5 Å². The zero-order valence-electron chi connectivity index (χ0n) is 16.2. The van der Waals surface area contributed by atoms with Gasteiger partial charge in [0, 0.05) is 44.7 Å². The van der Waals surface area contributed by atoms with Crippen molar-refractivity contribution in [2.45, 2.75) is 46.1 Å². The minimum atomic E-state index is -0.00929. The Morgan fingerprint density at radius 1 is 1.12 bits per heavy atom. The first-order chi connectivity index (χ1) is 11.5. The maximum atomic E-state index is 11.6. The monoisotopic (exact) mass is 469 g/mol. The number of hydrogen-bond acceptors (Lipinski definition) is 4. The predicted molar refractivity (Wildman–Crippen MR) is 114 cm³/mol. The number of ether oxygens (including phenoxy) is 1. The minimum Gasteiger partial charge on any atom is -0.379 e. The van der Waals surface area contributed by atoms with Crippen LogP contribution in [0.2, 0.25) is 0 Å². The zero-order valence-corrected chi connectivity index (χ0v) is 18.5. The SMILES string of the molecule is CCCNC(=O)CCNC(=NCC(C)(C)N1CCOCC1)NCC.I. The Bertz CT molecular complexity index is 398. The van der Waals surface area contributed by atoms with E-state index in [4.69, 9.17) is 9.73 Å². The molecule has 8 heteroatoms. The van der Waals surface area contributed by atoms with Crippen LogP contribution >= 0.6 is 24.0 Å². The highest BCUT2D eigenvalue weighted by Gasteiger charge is 2.28. The molecule has 0 atom stereocenters. The Hall–Kier alpha value is -0.610. The highest BCUT2D eigenvalue weighted by atomic mass is 127. The van der Waals surface area contributed by atoms with Crippen LogP contribution in [0.3, 0.4) is 0 Å².